The van der Waals surface area contributed by atoms with Gasteiger partial charge in [0.25, 0.3) is 10.0 Å². The van der Waals surface area contributed by atoms with Crippen LogP contribution in [0.3, 0.4) is 0 Å². The van der Waals surface area contributed by atoms with Gasteiger partial charge in [0.05, 0.1) is 5.92 Å². The lowest BCUT2D eigenvalue weighted by Crippen LogP contribution is -2.38. The molecule has 0 amide bonds. The lowest BCUT2D eigenvalue weighted by atomic mass is 10.00. The first-order chi connectivity index (χ1) is 12.5. The van der Waals surface area contributed by atoms with Crippen molar-refractivity contribution in [3.8, 4) is 11.4 Å². The van der Waals surface area contributed by atoms with E-state index < -0.39 is 10.0 Å². The first-order valence-electron chi connectivity index (χ1n) is 8.17. The van der Waals surface area contributed by atoms with E-state index in [9.17, 15) is 8.42 Å². The van der Waals surface area contributed by atoms with Gasteiger partial charge in [-0.25, -0.2) is 8.42 Å². The zero-order valence-corrected chi connectivity index (χ0v) is 16.1. The Labute approximate surface area is 160 Å². The molecule has 1 fully saturated rings. The molecule has 1 aromatic carbocycles. The van der Waals surface area contributed by atoms with Crippen LogP contribution >= 0.6 is 22.9 Å². The summed E-state index contributed by atoms with van der Waals surface area (Å²) in [5.74, 6) is 0.811. The van der Waals surface area contributed by atoms with Crippen molar-refractivity contribution >= 4 is 33.0 Å². The summed E-state index contributed by atoms with van der Waals surface area (Å²) in [6, 6.07) is 10.6. The van der Waals surface area contributed by atoms with Crippen LogP contribution in [0, 0.1) is 0 Å². The molecule has 0 radical (unpaired) electrons. The minimum absolute atomic E-state index is 0.112. The number of halogens is 1. The smallest absolute Gasteiger partial charge is 0.252 e. The summed E-state index contributed by atoms with van der Waals surface area (Å²) >= 11 is 7.24. The van der Waals surface area contributed by atoms with Crippen LogP contribution in [0.5, 0.6) is 0 Å². The van der Waals surface area contributed by atoms with Crippen molar-refractivity contribution in [2.24, 2.45) is 0 Å². The van der Waals surface area contributed by atoms with Gasteiger partial charge in [-0.3, -0.25) is 0 Å². The second-order valence-corrected chi connectivity index (χ2v) is 9.65. The number of nitrogens with zero attached hydrogens (tertiary/aromatic N) is 3. The Morgan fingerprint density at radius 1 is 1.27 bits per heavy atom. The number of hydrogen-bond donors (Lipinski definition) is 0. The molecule has 136 valence electrons. The highest BCUT2D eigenvalue weighted by Crippen LogP contribution is 2.31. The van der Waals surface area contributed by atoms with Gasteiger partial charge in [0, 0.05) is 23.7 Å². The molecule has 9 heteroatoms. The van der Waals surface area contributed by atoms with Crippen LogP contribution in [0.4, 0.5) is 0 Å². The minimum atomic E-state index is -3.47. The zero-order chi connectivity index (χ0) is 18.1. The molecule has 1 atom stereocenters. The molecule has 3 heterocycles. The van der Waals surface area contributed by atoms with Gasteiger partial charge in [0.1, 0.15) is 4.21 Å². The molecule has 0 bridgehead atoms. The van der Waals surface area contributed by atoms with Crippen molar-refractivity contribution in [1.29, 1.82) is 0 Å². The standard InChI is InChI=1S/C17H16ClN3O3S2/c18-14-6-1-4-12(10-14)16-19-17(24-20-16)13-5-2-8-21(11-13)26(22,23)15-7-3-9-25-15/h1,3-4,6-7,9-10,13H,2,5,8,11H2. The molecule has 0 spiro atoms. The SMILES string of the molecule is O=S(=O)(c1cccs1)N1CCCC(c2nc(-c3cccc(Cl)c3)no2)C1. The summed E-state index contributed by atoms with van der Waals surface area (Å²) in [5.41, 5.74) is 0.770. The molecule has 0 N–H and O–H groups in total. The molecule has 1 aliphatic heterocycles. The molecule has 3 aromatic rings. The predicted octanol–water partition coefficient (Wildman–Crippen LogP) is 4.02. The lowest BCUT2D eigenvalue weighted by molar-refractivity contribution is 0.266. The number of thiophene rings is 1. The predicted molar refractivity (Wildman–Crippen MR) is 99.8 cm³/mol. The molecule has 6 nitrogen and oxygen atoms in total. The summed E-state index contributed by atoms with van der Waals surface area (Å²) in [5, 5.41) is 6.39. The Hall–Kier alpha value is -1.74. The monoisotopic (exact) mass is 409 g/mol. The Kier molecular flexibility index (Phi) is 4.83. The van der Waals surface area contributed by atoms with Gasteiger partial charge in [0.15, 0.2) is 0 Å². The number of piperidine rings is 1. The molecular weight excluding hydrogens is 394 g/mol. The molecule has 0 saturated carbocycles. The molecule has 26 heavy (non-hydrogen) atoms. The summed E-state index contributed by atoms with van der Waals surface area (Å²) in [4.78, 5) is 4.47. The van der Waals surface area contributed by atoms with Crippen molar-refractivity contribution in [3.05, 3.63) is 52.7 Å². The molecule has 4 rings (SSSR count). The topological polar surface area (TPSA) is 76.3 Å². The summed E-state index contributed by atoms with van der Waals surface area (Å²) in [7, 11) is -3.47. The van der Waals surface area contributed by atoms with E-state index in [1.54, 1.807) is 29.6 Å². The van der Waals surface area contributed by atoms with Crippen LogP contribution < -0.4 is 0 Å². The summed E-state index contributed by atoms with van der Waals surface area (Å²) < 4.78 is 32.8. The molecule has 1 saturated heterocycles. The van der Waals surface area contributed by atoms with Crippen molar-refractivity contribution < 1.29 is 12.9 Å². The normalized spacial score (nSPS) is 18.9. The van der Waals surface area contributed by atoms with Gasteiger partial charge in [-0.2, -0.15) is 9.29 Å². The number of sulfonamides is 1. The molecule has 2 aromatic heterocycles. The highest BCUT2D eigenvalue weighted by Gasteiger charge is 2.33. The average Bonchev–Trinajstić information content (AvgIpc) is 3.34. The van der Waals surface area contributed by atoms with Crippen molar-refractivity contribution in [1.82, 2.24) is 14.4 Å². The Morgan fingerprint density at radius 2 is 2.15 bits per heavy atom. The molecule has 0 aliphatic carbocycles. The summed E-state index contributed by atoms with van der Waals surface area (Å²) in [6.45, 7) is 0.851. The third kappa shape index (κ3) is 3.42. The first kappa shape index (κ1) is 17.7. The second-order valence-electron chi connectivity index (χ2n) is 6.10. The van der Waals surface area contributed by atoms with E-state index in [2.05, 4.69) is 10.1 Å². The lowest BCUT2D eigenvalue weighted by Gasteiger charge is -2.29. The largest absolute Gasteiger partial charge is 0.339 e. The van der Waals surface area contributed by atoms with Crippen LogP contribution in [0.25, 0.3) is 11.4 Å². The van der Waals surface area contributed by atoms with Crippen LogP contribution in [-0.4, -0.2) is 36.0 Å². The van der Waals surface area contributed by atoms with E-state index in [0.717, 1.165) is 18.4 Å². The molecular formula is C17H16ClN3O3S2. The van der Waals surface area contributed by atoms with E-state index >= 15 is 0 Å². The van der Waals surface area contributed by atoms with E-state index in [-0.39, 0.29) is 5.92 Å². The third-order valence-corrected chi connectivity index (χ3v) is 7.82. The fraction of sp³-hybridized carbons (Fsp3) is 0.294. The van der Waals surface area contributed by atoms with Crippen LogP contribution in [0.15, 0.2) is 50.5 Å². The highest BCUT2D eigenvalue weighted by molar-refractivity contribution is 7.91. The van der Waals surface area contributed by atoms with Gasteiger partial charge in [-0.1, -0.05) is 35.0 Å². The van der Waals surface area contributed by atoms with Crippen LogP contribution in [0.2, 0.25) is 5.02 Å². The maximum atomic E-state index is 12.7. The van der Waals surface area contributed by atoms with Gasteiger partial charge in [0.2, 0.25) is 11.7 Å². The molecule has 1 aliphatic rings. The van der Waals surface area contributed by atoms with E-state index in [1.165, 1.54) is 15.6 Å². The fourth-order valence-electron chi connectivity index (χ4n) is 3.05. The Bertz CT molecular complexity index is 1000. The van der Waals surface area contributed by atoms with E-state index in [1.807, 2.05) is 12.1 Å². The fourth-order valence-corrected chi connectivity index (χ4v) is 5.90. The van der Waals surface area contributed by atoms with Gasteiger partial charge in [-0.05, 0) is 36.4 Å². The van der Waals surface area contributed by atoms with Gasteiger partial charge < -0.3 is 4.52 Å². The minimum Gasteiger partial charge on any atom is -0.339 e. The number of hydrogen-bond acceptors (Lipinski definition) is 6. The van der Waals surface area contributed by atoms with E-state index in [0.29, 0.717) is 34.0 Å². The zero-order valence-electron chi connectivity index (χ0n) is 13.7. The first-order valence-corrected chi connectivity index (χ1v) is 10.9. The van der Waals surface area contributed by atoms with E-state index in [4.69, 9.17) is 16.1 Å². The van der Waals surface area contributed by atoms with Gasteiger partial charge in [-0.15, -0.1) is 11.3 Å². The van der Waals surface area contributed by atoms with Crippen molar-refractivity contribution in [2.75, 3.05) is 13.1 Å². The Morgan fingerprint density at radius 3 is 2.92 bits per heavy atom. The number of benzene rings is 1. The number of aromatic nitrogens is 2. The van der Waals surface area contributed by atoms with Crippen LogP contribution in [0.1, 0.15) is 24.7 Å². The molecule has 1 unspecified atom stereocenters. The maximum absolute atomic E-state index is 12.7. The third-order valence-electron chi connectivity index (χ3n) is 4.35. The Balaban J connectivity index is 1.56. The number of rotatable bonds is 4. The van der Waals surface area contributed by atoms with Gasteiger partial charge >= 0.3 is 0 Å². The second kappa shape index (κ2) is 7.11. The highest BCUT2D eigenvalue weighted by atomic mass is 35.5. The maximum Gasteiger partial charge on any atom is 0.252 e. The van der Waals surface area contributed by atoms with Crippen LogP contribution in [-0.2, 0) is 10.0 Å². The quantitative estimate of drug-likeness (QED) is 0.650. The van der Waals surface area contributed by atoms with Crippen molar-refractivity contribution in [3.63, 3.8) is 0 Å². The average molecular weight is 410 g/mol. The van der Waals surface area contributed by atoms with Crippen molar-refractivity contribution in [2.45, 2.75) is 23.0 Å². The summed E-state index contributed by atoms with van der Waals surface area (Å²) in [6.07, 6.45) is 1.57.